The SMILES string of the molecule is OC(COc1c(F)c(F)cc(F)c1F)c1ccccc1F. The number of hydrogen-bond acceptors (Lipinski definition) is 2. The van der Waals surface area contributed by atoms with E-state index in [1.54, 1.807) is 0 Å². The molecule has 0 radical (unpaired) electrons. The van der Waals surface area contributed by atoms with Crippen molar-refractivity contribution >= 4 is 0 Å². The number of aliphatic hydroxyl groups is 1. The Kier molecular flexibility index (Phi) is 4.42. The van der Waals surface area contributed by atoms with Crippen LogP contribution in [0.5, 0.6) is 5.75 Å². The monoisotopic (exact) mass is 304 g/mol. The molecule has 0 aliphatic rings. The highest BCUT2D eigenvalue weighted by Crippen LogP contribution is 2.27. The van der Waals surface area contributed by atoms with E-state index >= 15 is 0 Å². The van der Waals surface area contributed by atoms with Crippen LogP contribution in [0.3, 0.4) is 0 Å². The summed E-state index contributed by atoms with van der Waals surface area (Å²) in [6.45, 7) is -0.780. The molecule has 0 fully saturated rings. The highest BCUT2D eigenvalue weighted by Gasteiger charge is 2.22. The third-order valence-electron chi connectivity index (χ3n) is 2.72. The molecule has 2 rings (SSSR count). The van der Waals surface area contributed by atoms with Crippen molar-refractivity contribution < 1.29 is 31.8 Å². The molecule has 0 saturated carbocycles. The first-order valence-electron chi connectivity index (χ1n) is 5.80. The Balaban J connectivity index is 2.19. The molecular formula is C14H9F5O2. The number of benzene rings is 2. The minimum absolute atomic E-state index is 0.0326. The molecule has 0 aromatic heterocycles. The maximum Gasteiger partial charge on any atom is 0.203 e. The fraction of sp³-hybridized carbons (Fsp3) is 0.143. The maximum atomic E-state index is 13.4. The van der Waals surface area contributed by atoms with Crippen molar-refractivity contribution in [2.45, 2.75) is 6.10 Å². The van der Waals surface area contributed by atoms with Crippen molar-refractivity contribution in [1.29, 1.82) is 0 Å². The van der Waals surface area contributed by atoms with Crippen LogP contribution in [0.2, 0.25) is 0 Å². The van der Waals surface area contributed by atoms with Crippen molar-refractivity contribution in [3.63, 3.8) is 0 Å². The molecular weight excluding hydrogens is 295 g/mol. The van der Waals surface area contributed by atoms with Gasteiger partial charge in [-0.3, -0.25) is 0 Å². The predicted octanol–water partition coefficient (Wildman–Crippen LogP) is 3.49. The molecule has 1 atom stereocenters. The third kappa shape index (κ3) is 3.13. The summed E-state index contributed by atoms with van der Waals surface area (Å²) in [6, 6.07) is 5.16. The minimum Gasteiger partial charge on any atom is -0.484 e. The molecule has 2 nitrogen and oxygen atoms in total. The van der Waals surface area contributed by atoms with Gasteiger partial charge < -0.3 is 9.84 Å². The molecule has 1 unspecified atom stereocenters. The summed E-state index contributed by atoms with van der Waals surface area (Å²) in [7, 11) is 0. The first-order valence-corrected chi connectivity index (χ1v) is 5.80. The second-order valence-corrected chi connectivity index (χ2v) is 4.15. The van der Waals surface area contributed by atoms with E-state index in [0.29, 0.717) is 0 Å². The molecule has 112 valence electrons. The lowest BCUT2D eigenvalue weighted by Gasteiger charge is -2.14. The molecule has 21 heavy (non-hydrogen) atoms. The van der Waals surface area contributed by atoms with Gasteiger partial charge in [-0.2, -0.15) is 8.78 Å². The molecule has 0 amide bonds. The van der Waals surface area contributed by atoms with Gasteiger partial charge in [0.1, 0.15) is 18.5 Å². The molecule has 0 bridgehead atoms. The lowest BCUT2D eigenvalue weighted by Crippen LogP contribution is -2.13. The van der Waals surface area contributed by atoms with Crippen LogP contribution < -0.4 is 4.74 Å². The second-order valence-electron chi connectivity index (χ2n) is 4.15. The Labute approximate surface area is 116 Å². The highest BCUT2D eigenvalue weighted by atomic mass is 19.2. The molecule has 0 heterocycles. The van der Waals surface area contributed by atoms with Gasteiger partial charge in [0.2, 0.25) is 11.6 Å². The molecule has 0 aliphatic carbocycles. The van der Waals surface area contributed by atoms with E-state index in [1.165, 1.54) is 18.2 Å². The van der Waals surface area contributed by atoms with E-state index in [4.69, 9.17) is 0 Å². The lowest BCUT2D eigenvalue weighted by atomic mass is 10.1. The van der Waals surface area contributed by atoms with Crippen LogP contribution in [0, 0.1) is 29.1 Å². The third-order valence-corrected chi connectivity index (χ3v) is 2.72. The van der Waals surface area contributed by atoms with Gasteiger partial charge in [0.05, 0.1) is 0 Å². The highest BCUT2D eigenvalue weighted by molar-refractivity contribution is 5.29. The Hall–Kier alpha value is -2.15. The summed E-state index contributed by atoms with van der Waals surface area (Å²) in [5.74, 6) is -8.78. The lowest BCUT2D eigenvalue weighted by molar-refractivity contribution is 0.0987. The first-order chi connectivity index (χ1) is 9.91. The summed E-state index contributed by atoms with van der Waals surface area (Å²) < 4.78 is 70.4. The number of ether oxygens (including phenoxy) is 1. The van der Waals surface area contributed by atoms with Gasteiger partial charge in [-0.25, -0.2) is 13.2 Å². The van der Waals surface area contributed by atoms with Gasteiger partial charge in [-0.1, -0.05) is 18.2 Å². The second kappa shape index (κ2) is 6.09. The van der Waals surface area contributed by atoms with Gasteiger partial charge in [0.15, 0.2) is 17.4 Å². The van der Waals surface area contributed by atoms with Crippen LogP contribution in [-0.4, -0.2) is 11.7 Å². The van der Waals surface area contributed by atoms with Crippen LogP contribution in [0.4, 0.5) is 22.0 Å². The number of aliphatic hydroxyl groups excluding tert-OH is 1. The summed E-state index contributed by atoms with van der Waals surface area (Å²) in [5.41, 5.74) is -0.171. The van der Waals surface area contributed by atoms with Gasteiger partial charge in [-0.15, -0.1) is 0 Å². The molecule has 0 spiro atoms. The predicted molar refractivity (Wildman–Crippen MR) is 63.1 cm³/mol. The normalized spacial score (nSPS) is 12.3. The quantitative estimate of drug-likeness (QED) is 0.692. The zero-order valence-corrected chi connectivity index (χ0v) is 10.4. The number of rotatable bonds is 4. The summed E-state index contributed by atoms with van der Waals surface area (Å²) in [4.78, 5) is 0. The maximum absolute atomic E-state index is 13.4. The Morgan fingerprint density at radius 1 is 0.905 bits per heavy atom. The molecule has 2 aromatic rings. The summed E-state index contributed by atoms with van der Waals surface area (Å²) in [6.07, 6.45) is -1.56. The van der Waals surface area contributed by atoms with Crippen LogP contribution in [-0.2, 0) is 0 Å². The van der Waals surface area contributed by atoms with Crippen LogP contribution in [0.15, 0.2) is 30.3 Å². The molecule has 0 saturated heterocycles. The van der Waals surface area contributed by atoms with Crippen molar-refractivity contribution in [2.24, 2.45) is 0 Å². The van der Waals surface area contributed by atoms with Crippen molar-refractivity contribution in [3.8, 4) is 5.75 Å². The van der Waals surface area contributed by atoms with Gasteiger partial charge in [0, 0.05) is 11.6 Å². The van der Waals surface area contributed by atoms with Crippen LogP contribution in [0.1, 0.15) is 11.7 Å². The molecule has 2 aromatic carbocycles. The number of hydrogen-bond donors (Lipinski definition) is 1. The Morgan fingerprint density at radius 2 is 1.48 bits per heavy atom. The topological polar surface area (TPSA) is 29.5 Å². The zero-order valence-electron chi connectivity index (χ0n) is 10.4. The van der Waals surface area contributed by atoms with E-state index in [9.17, 15) is 27.1 Å². The summed E-state index contributed by atoms with van der Waals surface area (Å²) >= 11 is 0. The van der Waals surface area contributed by atoms with E-state index in [0.717, 1.165) is 6.07 Å². The fourth-order valence-electron chi connectivity index (χ4n) is 1.68. The van der Waals surface area contributed by atoms with E-state index in [2.05, 4.69) is 4.74 Å². The molecule has 7 heteroatoms. The van der Waals surface area contributed by atoms with E-state index in [1.807, 2.05) is 0 Å². The smallest absolute Gasteiger partial charge is 0.203 e. The van der Waals surface area contributed by atoms with Crippen molar-refractivity contribution in [1.82, 2.24) is 0 Å². The first kappa shape index (κ1) is 15.2. The van der Waals surface area contributed by atoms with E-state index < -0.39 is 47.5 Å². The summed E-state index contributed by atoms with van der Waals surface area (Å²) in [5, 5.41) is 9.69. The van der Waals surface area contributed by atoms with E-state index in [-0.39, 0.29) is 11.6 Å². The van der Waals surface area contributed by atoms with Crippen LogP contribution in [0.25, 0.3) is 0 Å². The van der Waals surface area contributed by atoms with Crippen molar-refractivity contribution in [3.05, 3.63) is 65.0 Å². The van der Waals surface area contributed by atoms with Crippen molar-refractivity contribution in [2.75, 3.05) is 6.61 Å². The average molecular weight is 304 g/mol. The Bertz CT molecular complexity index is 634. The molecule has 1 N–H and O–H groups in total. The molecule has 0 aliphatic heterocycles. The van der Waals surface area contributed by atoms with Gasteiger partial charge >= 0.3 is 0 Å². The van der Waals surface area contributed by atoms with Crippen LogP contribution >= 0.6 is 0 Å². The standard InChI is InChI=1S/C14H9F5O2/c15-8-4-2-1-3-7(8)11(20)6-21-14-12(18)9(16)5-10(17)13(14)19/h1-5,11,20H,6H2. The number of halogens is 5. The Morgan fingerprint density at radius 3 is 2.05 bits per heavy atom. The fourth-order valence-corrected chi connectivity index (χ4v) is 1.68. The van der Waals surface area contributed by atoms with Gasteiger partial charge in [0.25, 0.3) is 0 Å². The van der Waals surface area contributed by atoms with Gasteiger partial charge in [-0.05, 0) is 6.07 Å². The average Bonchev–Trinajstić information content (AvgIpc) is 2.45. The minimum atomic E-state index is -1.73. The zero-order chi connectivity index (χ0) is 15.6. The largest absolute Gasteiger partial charge is 0.484 e.